The van der Waals surface area contributed by atoms with E-state index in [0.717, 1.165) is 19.4 Å². The molecule has 1 fully saturated rings. The van der Waals surface area contributed by atoms with Crippen LogP contribution in [0.15, 0.2) is 6.20 Å². The molecule has 2 heterocycles. The Labute approximate surface area is 90.1 Å². The predicted octanol–water partition coefficient (Wildman–Crippen LogP) is 1.71. The maximum absolute atomic E-state index is 9.22. The van der Waals surface area contributed by atoms with Gasteiger partial charge in [0, 0.05) is 36.9 Å². The summed E-state index contributed by atoms with van der Waals surface area (Å²) in [6.07, 6.45) is 8.22. The van der Waals surface area contributed by atoms with Gasteiger partial charge in [-0.25, -0.2) is 4.98 Å². The molecule has 82 valence electrons. The maximum atomic E-state index is 9.22. The highest BCUT2D eigenvalue weighted by Crippen LogP contribution is 2.37. The Morgan fingerprint density at radius 2 is 2.27 bits per heavy atom. The Morgan fingerprint density at radius 3 is 2.93 bits per heavy atom. The van der Waals surface area contributed by atoms with Gasteiger partial charge in [0.1, 0.15) is 5.82 Å². The molecule has 1 aromatic heterocycles. The van der Waals surface area contributed by atoms with E-state index in [-0.39, 0.29) is 0 Å². The second kappa shape index (κ2) is 3.63. The van der Waals surface area contributed by atoms with E-state index in [0.29, 0.717) is 18.4 Å². The van der Waals surface area contributed by atoms with E-state index in [2.05, 4.69) is 9.55 Å². The number of imidazole rings is 1. The van der Waals surface area contributed by atoms with Crippen molar-refractivity contribution in [3.8, 4) is 0 Å². The van der Waals surface area contributed by atoms with Crippen LogP contribution in [0.1, 0.15) is 43.1 Å². The fourth-order valence-electron chi connectivity index (χ4n) is 2.68. The Morgan fingerprint density at radius 1 is 1.40 bits per heavy atom. The average molecular weight is 206 g/mol. The van der Waals surface area contributed by atoms with E-state index in [1.165, 1.54) is 30.8 Å². The van der Waals surface area contributed by atoms with Gasteiger partial charge in [0.25, 0.3) is 0 Å². The Kier molecular flexibility index (Phi) is 2.28. The molecule has 0 spiro atoms. The van der Waals surface area contributed by atoms with Crippen LogP contribution in [-0.4, -0.2) is 21.3 Å². The number of hydrogen-bond donors (Lipinski definition) is 1. The largest absolute Gasteiger partial charge is 0.396 e. The molecule has 0 bridgehead atoms. The third-order valence-electron chi connectivity index (χ3n) is 3.95. The van der Waals surface area contributed by atoms with Crippen molar-refractivity contribution in [2.75, 3.05) is 6.61 Å². The van der Waals surface area contributed by atoms with E-state index in [4.69, 9.17) is 0 Å². The van der Waals surface area contributed by atoms with Crippen molar-refractivity contribution < 1.29 is 5.11 Å². The highest BCUT2D eigenvalue weighted by molar-refractivity contribution is 5.13. The lowest BCUT2D eigenvalue weighted by molar-refractivity contribution is 0.188. The van der Waals surface area contributed by atoms with Gasteiger partial charge in [-0.15, -0.1) is 0 Å². The molecule has 0 saturated heterocycles. The molecular weight excluding hydrogens is 188 g/mol. The molecule has 1 aliphatic carbocycles. The minimum atomic E-state index is 0.321. The van der Waals surface area contributed by atoms with Gasteiger partial charge in [-0.05, 0) is 25.7 Å². The average Bonchev–Trinajstić information content (AvgIpc) is 2.59. The van der Waals surface area contributed by atoms with Gasteiger partial charge in [-0.3, -0.25) is 0 Å². The van der Waals surface area contributed by atoms with E-state index >= 15 is 0 Å². The summed E-state index contributed by atoms with van der Waals surface area (Å²) in [5.41, 5.74) is 1.38. The molecule has 3 rings (SSSR count). The van der Waals surface area contributed by atoms with Crippen LogP contribution in [0.5, 0.6) is 0 Å². The third-order valence-corrected chi connectivity index (χ3v) is 3.95. The van der Waals surface area contributed by atoms with Crippen molar-refractivity contribution in [3.63, 3.8) is 0 Å². The Bertz CT molecular complexity index is 355. The molecule has 1 aromatic rings. The molecule has 1 N–H and O–H groups in total. The van der Waals surface area contributed by atoms with Crippen LogP contribution in [0, 0.1) is 5.92 Å². The van der Waals surface area contributed by atoms with E-state index in [9.17, 15) is 5.11 Å². The monoisotopic (exact) mass is 206 g/mol. The molecule has 3 heteroatoms. The molecule has 0 radical (unpaired) electrons. The lowest BCUT2D eigenvalue weighted by Crippen LogP contribution is -2.26. The van der Waals surface area contributed by atoms with Crippen LogP contribution < -0.4 is 0 Å². The van der Waals surface area contributed by atoms with Crippen LogP contribution in [0.25, 0.3) is 0 Å². The van der Waals surface area contributed by atoms with Crippen molar-refractivity contribution in [2.24, 2.45) is 5.92 Å². The van der Waals surface area contributed by atoms with Crippen molar-refractivity contribution >= 4 is 0 Å². The standard InChI is InChI=1S/C12H18N2O/c15-8-9-4-5-11-6-13-12(14(11)7-9)10-2-1-3-10/h6,9-10,15H,1-5,7-8H2. The molecule has 1 saturated carbocycles. The summed E-state index contributed by atoms with van der Waals surface area (Å²) in [7, 11) is 0. The van der Waals surface area contributed by atoms with Gasteiger partial charge in [-0.2, -0.15) is 0 Å². The Hall–Kier alpha value is -0.830. The van der Waals surface area contributed by atoms with Gasteiger partial charge in [0.15, 0.2) is 0 Å². The molecule has 1 atom stereocenters. The maximum Gasteiger partial charge on any atom is 0.111 e. The fourth-order valence-corrected chi connectivity index (χ4v) is 2.68. The lowest BCUT2D eigenvalue weighted by atomic mass is 9.84. The first-order chi connectivity index (χ1) is 7.38. The van der Waals surface area contributed by atoms with Crippen LogP contribution in [0.2, 0.25) is 0 Å². The lowest BCUT2D eigenvalue weighted by Gasteiger charge is -2.29. The van der Waals surface area contributed by atoms with Crippen molar-refractivity contribution in [1.82, 2.24) is 9.55 Å². The first-order valence-corrected chi connectivity index (χ1v) is 6.03. The molecule has 0 aromatic carbocycles. The SMILES string of the molecule is OCC1CCc2cnc(C3CCC3)n2C1. The first kappa shape index (κ1) is 9.40. The van der Waals surface area contributed by atoms with E-state index < -0.39 is 0 Å². The summed E-state index contributed by atoms with van der Waals surface area (Å²) in [6, 6.07) is 0. The molecule has 1 unspecified atom stereocenters. The summed E-state index contributed by atoms with van der Waals surface area (Å²) in [5.74, 6) is 2.44. The van der Waals surface area contributed by atoms with Crippen molar-refractivity contribution in [2.45, 2.75) is 44.6 Å². The number of rotatable bonds is 2. The number of nitrogens with zero attached hydrogens (tertiary/aromatic N) is 2. The number of aliphatic hydroxyl groups is 1. The Balaban J connectivity index is 1.88. The summed E-state index contributed by atoms with van der Waals surface area (Å²) in [5, 5.41) is 9.22. The van der Waals surface area contributed by atoms with Crippen LogP contribution in [-0.2, 0) is 13.0 Å². The zero-order valence-corrected chi connectivity index (χ0v) is 9.02. The minimum absolute atomic E-state index is 0.321. The number of hydrogen-bond acceptors (Lipinski definition) is 2. The topological polar surface area (TPSA) is 38.1 Å². The minimum Gasteiger partial charge on any atom is -0.396 e. The quantitative estimate of drug-likeness (QED) is 0.800. The molecule has 0 amide bonds. The summed E-state index contributed by atoms with van der Waals surface area (Å²) in [4.78, 5) is 4.57. The van der Waals surface area contributed by atoms with Crippen LogP contribution >= 0.6 is 0 Å². The summed E-state index contributed by atoms with van der Waals surface area (Å²) >= 11 is 0. The molecule has 1 aliphatic heterocycles. The number of aromatic nitrogens is 2. The number of aryl methyl sites for hydroxylation is 1. The number of fused-ring (bicyclic) bond motifs is 1. The van der Waals surface area contributed by atoms with E-state index in [1.54, 1.807) is 0 Å². The first-order valence-electron chi connectivity index (χ1n) is 6.03. The molecule has 3 nitrogen and oxygen atoms in total. The van der Waals surface area contributed by atoms with Crippen molar-refractivity contribution in [3.05, 3.63) is 17.7 Å². The zero-order chi connectivity index (χ0) is 10.3. The van der Waals surface area contributed by atoms with Gasteiger partial charge >= 0.3 is 0 Å². The molecule has 15 heavy (non-hydrogen) atoms. The van der Waals surface area contributed by atoms with Crippen LogP contribution in [0.4, 0.5) is 0 Å². The van der Waals surface area contributed by atoms with Crippen molar-refractivity contribution in [1.29, 1.82) is 0 Å². The zero-order valence-electron chi connectivity index (χ0n) is 9.02. The van der Waals surface area contributed by atoms with E-state index in [1.807, 2.05) is 6.20 Å². The third kappa shape index (κ3) is 1.49. The fraction of sp³-hybridized carbons (Fsp3) is 0.750. The second-order valence-corrected chi connectivity index (χ2v) is 4.93. The smallest absolute Gasteiger partial charge is 0.111 e. The second-order valence-electron chi connectivity index (χ2n) is 4.93. The molecule has 2 aliphatic rings. The van der Waals surface area contributed by atoms with Gasteiger partial charge in [0.2, 0.25) is 0 Å². The number of aliphatic hydroxyl groups excluding tert-OH is 1. The molecular formula is C12H18N2O. The van der Waals surface area contributed by atoms with Gasteiger partial charge in [0.05, 0.1) is 0 Å². The predicted molar refractivity (Wildman–Crippen MR) is 57.7 cm³/mol. The van der Waals surface area contributed by atoms with Gasteiger partial charge < -0.3 is 9.67 Å². The van der Waals surface area contributed by atoms with Crippen LogP contribution in [0.3, 0.4) is 0 Å². The highest BCUT2D eigenvalue weighted by atomic mass is 16.3. The highest BCUT2D eigenvalue weighted by Gasteiger charge is 2.28. The normalized spacial score (nSPS) is 26.1. The summed E-state index contributed by atoms with van der Waals surface area (Å²) < 4.78 is 2.37. The van der Waals surface area contributed by atoms with Gasteiger partial charge in [-0.1, -0.05) is 6.42 Å². The summed E-state index contributed by atoms with van der Waals surface area (Å²) in [6.45, 7) is 1.30.